The van der Waals surface area contributed by atoms with Crippen LogP contribution in [-0.4, -0.2) is 39.4 Å². The maximum Gasteiger partial charge on any atom is 0.330 e. The Balaban J connectivity index is 4.87. The maximum absolute atomic E-state index is 10.8. The number of hydrogen-bond donors (Lipinski definition) is 4. The van der Waals surface area contributed by atoms with Gasteiger partial charge in [-0.15, -0.1) is 0 Å². The van der Waals surface area contributed by atoms with Crippen molar-refractivity contribution in [2.45, 2.75) is 18.9 Å². The Hall–Kier alpha value is -1.24. The summed E-state index contributed by atoms with van der Waals surface area (Å²) in [5, 5.41) is 19.4. The van der Waals surface area contributed by atoms with Gasteiger partial charge in [0.1, 0.15) is 0 Å². The lowest BCUT2D eigenvalue weighted by atomic mass is 9.98. The van der Waals surface area contributed by atoms with Crippen LogP contribution in [0.15, 0.2) is 0 Å². The van der Waals surface area contributed by atoms with Gasteiger partial charge in [-0.3, -0.25) is 9.59 Å². The predicted molar refractivity (Wildman–Crippen MR) is 50.3 cm³/mol. The molecule has 0 saturated heterocycles. The number of carboxylic acid groups (broad SMARTS) is 2. The summed E-state index contributed by atoms with van der Waals surface area (Å²) in [6.45, 7) is 1.11. The third-order valence-electron chi connectivity index (χ3n) is 1.55. The molecule has 0 aliphatic rings. The lowest BCUT2D eigenvalue weighted by Gasteiger charge is -2.26. The van der Waals surface area contributed by atoms with Crippen molar-refractivity contribution in [3.63, 3.8) is 0 Å². The molecule has 6 nitrogen and oxygen atoms in total. The zero-order chi connectivity index (χ0) is 11.4. The highest BCUT2D eigenvalue weighted by Crippen LogP contribution is 2.13. The maximum atomic E-state index is 10.8. The fourth-order valence-electron chi connectivity index (χ4n) is 0.931. The molecule has 14 heavy (non-hydrogen) atoms. The first-order valence-corrected chi connectivity index (χ1v) is 4.32. The van der Waals surface area contributed by atoms with E-state index in [1.165, 1.54) is 0 Å². The summed E-state index contributed by atoms with van der Waals surface area (Å²) in [6.07, 6.45) is -0.703. The first kappa shape index (κ1) is 12.8. The number of carbonyl (C=O) groups is 3. The summed E-state index contributed by atoms with van der Waals surface area (Å²) in [5.74, 6) is -3.61. The molecule has 0 radical (unpaired) electrons. The third kappa shape index (κ3) is 3.25. The molecule has 0 aromatic heterocycles. The molecule has 0 aromatic carbocycles. The predicted octanol–water partition coefficient (Wildman–Crippen LogP) is -0.650. The van der Waals surface area contributed by atoms with E-state index in [4.69, 9.17) is 10.2 Å². The Morgan fingerprint density at radius 2 is 1.86 bits per heavy atom. The minimum absolute atomic E-state index is 0.284. The van der Waals surface area contributed by atoms with Crippen molar-refractivity contribution in [2.24, 2.45) is 0 Å². The van der Waals surface area contributed by atoms with E-state index in [2.05, 4.69) is 17.9 Å². The van der Waals surface area contributed by atoms with Gasteiger partial charge in [-0.1, -0.05) is 0 Å². The average molecular weight is 221 g/mol. The zero-order valence-electron chi connectivity index (χ0n) is 7.48. The summed E-state index contributed by atoms with van der Waals surface area (Å²) in [6, 6.07) is 0. The topological polar surface area (TPSA) is 104 Å². The van der Waals surface area contributed by atoms with Crippen LogP contribution in [0.1, 0.15) is 13.3 Å². The van der Waals surface area contributed by atoms with Crippen molar-refractivity contribution in [1.82, 2.24) is 5.32 Å². The highest BCUT2D eigenvalue weighted by molar-refractivity contribution is 7.80. The van der Waals surface area contributed by atoms with Crippen molar-refractivity contribution in [3.05, 3.63) is 0 Å². The molecule has 0 aliphatic carbocycles. The van der Waals surface area contributed by atoms with Gasteiger partial charge in [0.25, 0.3) is 0 Å². The SMILES string of the molecule is CC(=O)N[C@](CS)(CC(=O)O)C(=O)O. The highest BCUT2D eigenvalue weighted by atomic mass is 32.1. The Morgan fingerprint density at radius 1 is 1.36 bits per heavy atom. The van der Waals surface area contributed by atoms with Gasteiger partial charge in [0.05, 0.1) is 6.42 Å². The first-order chi connectivity index (χ1) is 6.34. The van der Waals surface area contributed by atoms with Gasteiger partial charge >= 0.3 is 11.9 Å². The molecule has 80 valence electrons. The van der Waals surface area contributed by atoms with E-state index in [9.17, 15) is 14.4 Å². The normalized spacial score (nSPS) is 14.1. The second kappa shape index (κ2) is 4.85. The molecule has 3 N–H and O–H groups in total. The van der Waals surface area contributed by atoms with Crippen LogP contribution < -0.4 is 5.32 Å². The van der Waals surface area contributed by atoms with Crippen molar-refractivity contribution in [2.75, 3.05) is 5.75 Å². The van der Waals surface area contributed by atoms with E-state index in [1.54, 1.807) is 0 Å². The van der Waals surface area contributed by atoms with Crippen LogP contribution in [0.3, 0.4) is 0 Å². The van der Waals surface area contributed by atoms with Gasteiger partial charge < -0.3 is 15.5 Å². The van der Waals surface area contributed by atoms with Gasteiger partial charge in [0.2, 0.25) is 5.91 Å². The largest absolute Gasteiger partial charge is 0.481 e. The molecular formula is C7H11NO5S. The Morgan fingerprint density at radius 3 is 2.07 bits per heavy atom. The van der Waals surface area contributed by atoms with Gasteiger partial charge in [-0.25, -0.2) is 4.79 Å². The molecule has 0 fully saturated rings. The minimum Gasteiger partial charge on any atom is -0.481 e. The summed E-state index contributed by atoms with van der Waals surface area (Å²) >= 11 is 3.73. The standard InChI is InChI=1S/C7H11NO5S/c1-4(9)8-7(3-14,6(12)13)2-5(10)11/h14H,2-3H2,1H3,(H,8,9)(H,10,11)(H,12,13)/t7-/m0/s1. The molecule has 0 rings (SSSR count). The van der Waals surface area contributed by atoms with Gasteiger partial charge in [-0.2, -0.15) is 12.6 Å². The van der Waals surface area contributed by atoms with Crippen molar-refractivity contribution < 1.29 is 24.6 Å². The molecule has 1 amide bonds. The molecule has 0 bridgehead atoms. The molecule has 0 heterocycles. The zero-order valence-corrected chi connectivity index (χ0v) is 8.38. The fraction of sp³-hybridized carbons (Fsp3) is 0.571. The summed E-state index contributed by atoms with van der Waals surface area (Å²) < 4.78 is 0. The number of nitrogens with one attached hydrogen (secondary N) is 1. The molecule has 0 saturated carbocycles. The molecule has 1 atom stereocenters. The quantitative estimate of drug-likeness (QED) is 0.462. The van der Waals surface area contributed by atoms with E-state index in [-0.39, 0.29) is 5.75 Å². The molecule has 7 heteroatoms. The smallest absolute Gasteiger partial charge is 0.330 e. The van der Waals surface area contributed by atoms with Crippen LogP contribution in [0.25, 0.3) is 0 Å². The first-order valence-electron chi connectivity index (χ1n) is 3.69. The van der Waals surface area contributed by atoms with E-state index < -0.39 is 29.8 Å². The summed E-state index contributed by atoms with van der Waals surface area (Å²) in [7, 11) is 0. The molecule has 0 aromatic rings. The number of hydrogen-bond acceptors (Lipinski definition) is 4. The number of amides is 1. The second-order valence-electron chi connectivity index (χ2n) is 2.80. The van der Waals surface area contributed by atoms with Crippen molar-refractivity contribution in [3.8, 4) is 0 Å². The Kier molecular flexibility index (Phi) is 4.42. The van der Waals surface area contributed by atoms with Crippen LogP contribution in [0.2, 0.25) is 0 Å². The van der Waals surface area contributed by atoms with Crippen LogP contribution in [0, 0.1) is 0 Å². The van der Waals surface area contributed by atoms with Gasteiger partial charge in [0.15, 0.2) is 5.54 Å². The lowest BCUT2D eigenvalue weighted by Crippen LogP contribution is -2.56. The minimum atomic E-state index is -1.83. The van der Waals surface area contributed by atoms with Crippen LogP contribution in [0.5, 0.6) is 0 Å². The number of rotatable bonds is 5. The second-order valence-corrected chi connectivity index (χ2v) is 3.11. The number of carbonyl (C=O) groups excluding carboxylic acids is 1. The number of thiol groups is 1. The van der Waals surface area contributed by atoms with Gasteiger partial charge in [0, 0.05) is 12.7 Å². The van der Waals surface area contributed by atoms with Crippen molar-refractivity contribution in [1.29, 1.82) is 0 Å². The van der Waals surface area contributed by atoms with Crippen LogP contribution in [-0.2, 0) is 14.4 Å². The number of aliphatic carboxylic acids is 2. The van der Waals surface area contributed by atoms with E-state index in [1.807, 2.05) is 0 Å². The molecule has 0 spiro atoms. The summed E-state index contributed by atoms with van der Waals surface area (Å²) in [4.78, 5) is 31.9. The fourth-order valence-corrected chi connectivity index (χ4v) is 1.26. The monoisotopic (exact) mass is 221 g/mol. The Bertz CT molecular complexity index is 249. The molecular weight excluding hydrogens is 210 g/mol. The Labute approximate surface area is 85.7 Å². The average Bonchev–Trinajstić information content (AvgIpc) is 2.00. The van der Waals surface area contributed by atoms with E-state index >= 15 is 0 Å². The van der Waals surface area contributed by atoms with Gasteiger partial charge in [-0.05, 0) is 0 Å². The highest BCUT2D eigenvalue weighted by Gasteiger charge is 2.40. The number of carboxylic acids is 2. The van der Waals surface area contributed by atoms with Crippen molar-refractivity contribution >= 4 is 30.5 Å². The summed E-state index contributed by atoms with van der Waals surface area (Å²) in [5.41, 5.74) is -1.83. The van der Waals surface area contributed by atoms with Crippen LogP contribution in [0.4, 0.5) is 0 Å². The lowest BCUT2D eigenvalue weighted by molar-refractivity contribution is -0.151. The molecule has 0 unspecified atom stereocenters. The third-order valence-corrected chi connectivity index (χ3v) is 2.09. The van der Waals surface area contributed by atoms with E-state index in [0.717, 1.165) is 6.92 Å². The van der Waals surface area contributed by atoms with Crippen LogP contribution >= 0.6 is 12.6 Å². The molecule has 0 aliphatic heterocycles. The van der Waals surface area contributed by atoms with E-state index in [0.29, 0.717) is 0 Å².